The quantitative estimate of drug-likeness (QED) is 0.0777. The van der Waals surface area contributed by atoms with Gasteiger partial charge in [0, 0.05) is 6.08 Å². The molecule has 6 heteroatoms. The maximum absolute atomic E-state index is 12.6. The molecule has 2 aromatic carbocycles. The Morgan fingerprint density at radius 3 is 1.76 bits per heavy atom. The van der Waals surface area contributed by atoms with Crippen LogP contribution in [0, 0.1) is 23.7 Å². The minimum atomic E-state index is -0.471. The van der Waals surface area contributed by atoms with E-state index < -0.39 is 12.1 Å². The van der Waals surface area contributed by atoms with Crippen molar-refractivity contribution in [3.05, 3.63) is 82.9 Å². The lowest BCUT2D eigenvalue weighted by atomic mass is 9.80. The number of hydrogen-bond donors (Lipinski definition) is 0. The predicted octanol–water partition coefficient (Wildman–Crippen LogP) is 8.18. The first-order valence-electron chi connectivity index (χ1n) is 17.7. The third-order valence-corrected chi connectivity index (χ3v) is 10.6. The van der Waals surface area contributed by atoms with Crippen LogP contribution < -0.4 is 0 Å². The van der Waals surface area contributed by atoms with E-state index in [4.69, 9.17) is 24.0 Å². The minimum Gasteiger partial charge on any atom is -0.454 e. The molecule has 2 saturated heterocycles. The molecular weight excluding hydrogens is 576 g/mol. The Hall–Kier alpha value is -2.77. The zero-order valence-corrected chi connectivity index (χ0v) is 27.7. The van der Waals surface area contributed by atoms with E-state index in [2.05, 4.69) is 62.4 Å². The molecule has 1 unspecified atom stereocenters. The van der Waals surface area contributed by atoms with Crippen molar-refractivity contribution in [2.24, 2.45) is 23.7 Å². The summed E-state index contributed by atoms with van der Waals surface area (Å²) >= 11 is 0. The summed E-state index contributed by atoms with van der Waals surface area (Å²) < 4.78 is 17.5. The first-order chi connectivity index (χ1) is 22.5. The molecule has 0 radical (unpaired) electrons. The first kappa shape index (κ1) is 33.1. The van der Waals surface area contributed by atoms with Crippen molar-refractivity contribution in [3.63, 3.8) is 0 Å². The van der Waals surface area contributed by atoms with Gasteiger partial charge in [-0.2, -0.15) is 0 Å². The van der Waals surface area contributed by atoms with Crippen molar-refractivity contribution in [2.45, 2.75) is 102 Å². The van der Waals surface area contributed by atoms with E-state index >= 15 is 0 Å². The van der Waals surface area contributed by atoms with Gasteiger partial charge in [-0.05, 0) is 90.5 Å². The van der Waals surface area contributed by atoms with Crippen LogP contribution in [0.3, 0.4) is 0 Å². The second-order valence-corrected chi connectivity index (χ2v) is 14.4. The standard InChI is InChI=1S/C40H52O6/c1-28-5-9-32(10-6-28)24-34-17-13-30(14-18-34)4-3-23-44-46-37-27-43-39-36(26-42-40(37)39)45-38(41)22-21-31-15-19-35(20-16-31)25-33-11-7-29(2)8-12-33/h3-4,13-22,28-29,32-33,36-37,39-40H,5-12,23-27H2,1-2H3/b4-3+,22-21?/t28?,29?,32?,33?,36?,37-,39+,40+/m0/s1. The summed E-state index contributed by atoms with van der Waals surface area (Å²) in [5, 5.41) is 0. The lowest BCUT2D eigenvalue weighted by Gasteiger charge is -2.26. The number of carbonyl (C=O) groups is 1. The third-order valence-electron chi connectivity index (χ3n) is 10.6. The molecule has 0 spiro atoms. The number of hydrogen-bond acceptors (Lipinski definition) is 6. The summed E-state index contributed by atoms with van der Waals surface area (Å²) in [6.07, 6.45) is 18.9. The van der Waals surface area contributed by atoms with E-state index in [9.17, 15) is 4.79 Å². The number of ether oxygens (including phenoxy) is 3. The topological polar surface area (TPSA) is 63.2 Å². The van der Waals surface area contributed by atoms with E-state index in [1.807, 2.05) is 12.2 Å². The van der Waals surface area contributed by atoms with Gasteiger partial charge in [-0.3, -0.25) is 0 Å². The summed E-state index contributed by atoms with van der Waals surface area (Å²) in [7, 11) is 0. The number of rotatable bonds is 12. The lowest BCUT2D eigenvalue weighted by Crippen LogP contribution is -2.34. The van der Waals surface area contributed by atoms with Crippen molar-refractivity contribution in [1.82, 2.24) is 0 Å². The van der Waals surface area contributed by atoms with Gasteiger partial charge in [0.25, 0.3) is 0 Å². The highest BCUT2D eigenvalue weighted by atomic mass is 17.2. The molecule has 2 aliphatic heterocycles. The van der Waals surface area contributed by atoms with Gasteiger partial charge in [0.2, 0.25) is 0 Å². The Morgan fingerprint density at radius 1 is 0.696 bits per heavy atom. The van der Waals surface area contributed by atoms with Gasteiger partial charge in [0.15, 0.2) is 6.10 Å². The first-order valence-corrected chi connectivity index (χ1v) is 17.7. The predicted molar refractivity (Wildman–Crippen MR) is 181 cm³/mol. The van der Waals surface area contributed by atoms with Crippen LogP contribution in [-0.2, 0) is 41.6 Å². The molecule has 2 aliphatic carbocycles. The van der Waals surface area contributed by atoms with Crippen LogP contribution in [0.5, 0.6) is 0 Å². The van der Waals surface area contributed by atoms with E-state index in [1.165, 1.54) is 75.0 Å². The van der Waals surface area contributed by atoms with Crippen LogP contribution in [0.15, 0.2) is 60.7 Å². The summed E-state index contributed by atoms with van der Waals surface area (Å²) in [5.41, 5.74) is 4.92. The molecule has 6 nitrogen and oxygen atoms in total. The highest BCUT2D eigenvalue weighted by Crippen LogP contribution is 2.33. The second kappa shape index (κ2) is 16.4. The average molecular weight is 629 g/mol. The van der Waals surface area contributed by atoms with Crippen LogP contribution >= 0.6 is 0 Å². The average Bonchev–Trinajstić information content (AvgIpc) is 3.66. The molecule has 6 rings (SSSR count). The fourth-order valence-corrected chi connectivity index (χ4v) is 7.58. The molecule has 4 atom stereocenters. The Morgan fingerprint density at radius 2 is 1.20 bits per heavy atom. The summed E-state index contributed by atoms with van der Waals surface area (Å²) in [6, 6.07) is 17.3. The van der Waals surface area contributed by atoms with E-state index in [0.29, 0.717) is 13.2 Å². The zero-order valence-electron chi connectivity index (χ0n) is 27.7. The molecule has 0 aromatic heterocycles. The number of carbonyl (C=O) groups excluding carboxylic acids is 1. The maximum atomic E-state index is 12.6. The van der Waals surface area contributed by atoms with E-state index in [1.54, 1.807) is 6.08 Å². The van der Waals surface area contributed by atoms with Gasteiger partial charge >= 0.3 is 5.97 Å². The normalized spacial score (nSPS) is 31.4. The van der Waals surface area contributed by atoms with Crippen LogP contribution in [0.1, 0.15) is 87.5 Å². The SMILES string of the molecule is CC1CCC(Cc2ccc(C=CC(=O)OC3CO[C@@H]4[C@@H](OOC/C=C/c5ccc(CC6CCC(C)CC6)cc5)CO[C@H]34)cc2)CC1. The van der Waals surface area contributed by atoms with Gasteiger partial charge in [-0.25, -0.2) is 14.6 Å². The van der Waals surface area contributed by atoms with Crippen LogP contribution in [0.2, 0.25) is 0 Å². The summed E-state index contributed by atoms with van der Waals surface area (Å²) in [6.45, 7) is 5.66. The van der Waals surface area contributed by atoms with Crippen molar-refractivity contribution < 1.29 is 28.8 Å². The second-order valence-electron chi connectivity index (χ2n) is 14.4. The van der Waals surface area contributed by atoms with Gasteiger partial charge in [-0.15, -0.1) is 0 Å². The Balaban J connectivity index is 0.873. The van der Waals surface area contributed by atoms with Gasteiger partial charge in [0.1, 0.15) is 24.9 Å². The van der Waals surface area contributed by atoms with Crippen molar-refractivity contribution in [3.8, 4) is 0 Å². The fraction of sp³-hybridized carbons (Fsp3) is 0.575. The van der Waals surface area contributed by atoms with Crippen LogP contribution in [-0.4, -0.2) is 50.2 Å². The maximum Gasteiger partial charge on any atom is 0.331 e. The minimum absolute atomic E-state index is 0.277. The van der Waals surface area contributed by atoms with Crippen molar-refractivity contribution in [1.29, 1.82) is 0 Å². The van der Waals surface area contributed by atoms with Crippen LogP contribution in [0.25, 0.3) is 12.2 Å². The largest absolute Gasteiger partial charge is 0.454 e. The summed E-state index contributed by atoms with van der Waals surface area (Å²) in [5.74, 6) is 3.00. The Labute approximate surface area is 275 Å². The van der Waals surface area contributed by atoms with E-state index in [0.717, 1.165) is 41.2 Å². The molecule has 0 amide bonds. The molecule has 248 valence electrons. The highest BCUT2D eigenvalue weighted by Gasteiger charge is 2.50. The van der Waals surface area contributed by atoms with Crippen LogP contribution in [0.4, 0.5) is 0 Å². The van der Waals surface area contributed by atoms with Crippen molar-refractivity contribution >= 4 is 18.1 Å². The summed E-state index contributed by atoms with van der Waals surface area (Å²) in [4.78, 5) is 23.7. The van der Waals surface area contributed by atoms with Gasteiger partial charge < -0.3 is 14.2 Å². The molecular formula is C40H52O6. The Kier molecular flexibility index (Phi) is 11.8. The highest BCUT2D eigenvalue weighted by molar-refractivity contribution is 5.87. The number of esters is 1. The molecule has 0 bridgehead atoms. The molecule has 0 N–H and O–H groups in total. The number of benzene rings is 2. The molecule has 2 aromatic rings. The van der Waals surface area contributed by atoms with Crippen molar-refractivity contribution in [2.75, 3.05) is 19.8 Å². The molecule has 4 fully saturated rings. The van der Waals surface area contributed by atoms with E-state index in [-0.39, 0.29) is 24.9 Å². The monoisotopic (exact) mass is 628 g/mol. The van der Waals surface area contributed by atoms with Gasteiger partial charge in [0.05, 0.1) is 13.2 Å². The smallest absolute Gasteiger partial charge is 0.331 e. The Bertz CT molecular complexity index is 1280. The lowest BCUT2D eigenvalue weighted by molar-refractivity contribution is -0.326. The zero-order chi connectivity index (χ0) is 31.7. The molecule has 2 saturated carbocycles. The molecule has 2 heterocycles. The van der Waals surface area contributed by atoms with Gasteiger partial charge in [-0.1, -0.05) is 100 Å². The third kappa shape index (κ3) is 9.41. The molecule has 46 heavy (non-hydrogen) atoms. The number of fused-ring (bicyclic) bond motifs is 1. The molecule has 4 aliphatic rings. The fourth-order valence-electron chi connectivity index (χ4n) is 7.58.